The maximum atomic E-state index is 3.94. The number of unbranched alkanes of at least 4 members (excludes halogenated alkanes) is 5. The van der Waals surface area contributed by atoms with Gasteiger partial charge in [-0.1, -0.05) is 119 Å². The molecule has 0 aromatic heterocycles. The van der Waals surface area contributed by atoms with Crippen molar-refractivity contribution in [1.29, 1.82) is 0 Å². The minimum atomic E-state index is 0.304. The highest BCUT2D eigenvalue weighted by molar-refractivity contribution is 14.3. The van der Waals surface area contributed by atoms with Gasteiger partial charge in [-0.15, -0.1) is 6.58 Å². The summed E-state index contributed by atoms with van der Waals surface area (Å²) in [6.45, 7) is 6.21. The molecule has 0 saturated heterocycles. The van der Waals surface area contributed by atoms with Gasteiger partial charge in [-0.25, -0.2) is 0 Å². The summed E-state index contributed by atoms with van der Waals surface area (Å²) in [5.74, 6) is 0.644. The van der Waals surface area contributed by atoms with Crippen molar-refractivity contribution in [2.24, 2.45) is 5.92 Å². The molecule has 0 radical (unpaired) electrons. The number of halogens is 3. The van der Waals surface area contributed by atoms with E-state index in [1.165, 1.54) is 44.9 Å². The molecule has 0 bridgehead atoms. The predicted molar refractivity (Wildman–Crippen MR) is 96.5 cm³/mol. The van der Waals surface area contributed by atoms with Gasteiger partial charge in [0.15, 0.2) is 0 Å². The third kappa shape index (κ3) is 9.62. The van der Waals surface area contributed by atoms with Gasteiger partial charge in [0.05, 0.1) is 0 Å². The Kier molecular flexibility index (Phi) is 11.2. The average molecular weight is 546 g/mol. The molecule has 1 atom stereocenters. The van der Waals surface area contributed by atoms with Crippen molar-refractivity contribution in [3.63, 3.8) is 0 Å². The Morgan fingerprint density at radius 1 is 1.07 bits per heavy atom. The maximum Gasteiger partial charge on any atom is 0.130 e. The first-order chi connectivity index (χ1) is 7.02. The summed E-state index contributed by atoms with van der Waals surface area (Å²) in [5.41, 5.74) is 0. The molecular weight excluding hydrogens is 525 g/mol. The van der Waals surface area contributed by atoms with Crippen LogP contribution in [0.2, 0.25) is 0 Å². The van der Waals surface area contributed by atoms with E-state index in [2.05, 4.69) is 87.4 Å². The monoisotopic (exact) mass is 546 g/mol. The van der Waals surface area contributed by atoms with Crippen LogP contribution in [0.3, 0.4) is 0 Å². The second-order valence-electron chi connectivity index (χ2n) is 3.94. The summed E-state index contributed by atoms with van der Waals surface area (Å²) < 4.78 is 0.304. The van der Waals surface area contributed by atoms with Crippen LogP contribution in [0.15, 0.2) is 12.7 Å². The molecule has 1 unspecified atom stereocenters. The van der Waals surface area contributed by atoms with Gasteiger partial charge in [0.1, 0.15) is -0.565 Å². The minimum absolute atomic E-state index is 0.304. The summed E-state index contributed by atoms with van der Waals surface area (Å²) in [4.78, 5) is 0. The van der Waals surface area contributed by atoms with Gasteiger partial charge in [0.25, 0.3) is 0 Å². The van der Waals surface area contributed by atoms with E-state index in [0.29, 0.717) is 5.35 Å². The van der Waals surface area contributed by atoms with Gasteiger partial charge in [-0.05, 0) is 6.42 Å². The summed E-state index contributed by atoms with van der Waals surface area (Å²) >= 11 is 7.55. The Balaban J connectivity index is 3.52. The molecule has 0 aliphatic heterocycles. The molecule has 90 valence electrons. The molecule has 0 aliphatic carbocycles. The maximum absolute atomic E-state index is 3.94. The molecule has 0 aromatic carbocycles. The predicted octanol–water partition coefficient (Wildman–Crippen LogP) is 6.50. The van der Waals surface area contributed by atoms with Gasteiger partial charge >= 0.3 is 0 Å². The molecule has 0 N–H and O–H groups in total. The quantitative estimate of drug-likeness (QED) is 0.134. The van der Waals surface area contributed by atoms with Crippen LogP contribution in [0.4, 0.5) is 0 Å². The molecule has 3 heteroatoms. The van der Waals surface area contributed by atoms with Crippen LogP contribution in [0.5, 0.6) is 0 Å². The van der Waals surface area contributed by atoms with Crippen LogP contribution in [0.25, 0.3) is 0 Å². The molecule has 15 heavy (non-hydrogen) atoms. The third-order valence-electron chi connectivity index (χ3n) is 2.57. The van der Waals surface area contributed by atoms with Crippen molar-refractivity contribution < 1.29 is 0 Å². The standard InChI is InChI=1S/C12H21I3/c1-3-5-6-7-8-9-10-11(4-2)12(13,14)15/h4,11H,2-3,5-10H2,1H3. The van der Waals surface area contributed by atoms with Crippen molar-refractivity contribution in [3.8, 4) is 0 Å². The lowest BCUT2D eigenvalue weighted by atomic mass is 10.0. The van der Waals surface area contributed by atoms with Crippen molar-refractivity contribution in [2.45, 2.75) is 51.3 Å². The lowest BCUT2D eigenvalue weighted by Crippen LogP contribution is -2.14. The molecule has 0 spiro atoms. The lowest BCUT2D eigenvalue weighted by Gasteiger charge is -2.22. The summed E-state index contributed by atoms with van der Waals surface area (Å²) in [7, 11) is 0. The van der Waals surface area contributed by atoms with Gasteiger partial charge in [-0.2, -0.15) is 0 Å². The highest BCUT2D eigenvalue weighted by Crippen LogP contribution is 2.45. The third-order valence-corrected chi connectivity index (χ3v) is 4.97. The molecule has 0 aromatic rings. The highest BCUT2D eigenvalue weighted by atomic mass is 127. The van der Waals surface area contributed by atoms with Crippen molar-refractivity contribution >= 4 is 67.8 Å². The second kappa shape index (κ2) is 9.91. The molecule has 0 fully saturated rings. The van der Waals surface area contributed by atoms with Crippen LogP contribution in [-0.2, 0) is 0 Å². The fraction of sp³-hybridized carbons (Fsp3) is 0.833. The smallest absolute Gasteiger partial charge is 0.103 e. The summed E-state index contributed by atoms with van der Waals surface area (Å²) in [5, 5.41) is 0. The first-order valence-electron chi connectivity index (χ1n) is 5.71. The summed E-state index contributed by atoms with van der Waals surface area (Å²) in [6.07, 6.45) is 11.7. The van der Waals surface area contributed by atoms with E-state index in [1.54, 1.807) is 0 Å². The second-order valence-corrected chi connectivity index (χ2v) is 15.2. The van der Waals surface area contributed by atoms with Crippen molar-refractivity contribution in [3.05, 3.63) is 12.7 Å². The van der Waals surface area contributed by atoms with Gasteiger partial charge in [-0.3, -0.25) is 0 Å². The molecule has 0 heterocycles. The summed E-state index contributed by atoms with van der Waals surface area (Å²) in [6, 6.07) is 0. The number of hydrogen-bond acceptors (Lipinski definition) is 0. The number of hydrogen-bond donors (Lipinski definition) is 0. The molecule has 0 rings (SSSR count). The normalized spacial score (nSPS) is 13.9. The van der Waals surface area contributed by atoms with Crippen LogP contribution in [0.1, 0.15) is 51.9 Å². The van der Waals surface area contributed by atoms with Crippen molar-refractivity contribution in [1.82, 2.24) is 0 Å². The molecular formula is C12H21I3. The highest BCUT2D eigenvalue weighted by Gasteiger charge is 2.26. The molecule has 0 saturated carbocycles. The zero-order chi connectivity index (χ0) is 11.7. The molecule has 0 amide bonds. The zero-order valence-electron chi connectivity index (χ0n) is 9.45. The van der Waals surface area contributed by atoms with Crippen LogP contribution in [0, 0.1) is 5.92 Å². The van der Waals surface area contributed by atoms with Crippen LogP contribution < -0.4 is 0 Å². The SMILES string of the molecule is C=CC(CCCCCCCC)C(I)(I)I. The van der Waals surface area contributed by atoms with Crippen LogP contribution in [-0.4, -0.2) is -0.565 Å². The number of alkyl halides is 3. The minimum Gasteiger partial charge on any atom is -0.103 e. The van der Waals surface area contributed by atoms with E-state index in [9.17, 15) is 0 Å². The number of allylic oxidation sites excluding steroid dienone is 1. The van der Waals surface area contributed by atoms with Gasteiger partial charge in [0.2, 0.25) is 0 Å². The lowest BCUT2D eigenvalue weighted by molar-refractivity contribution is 0.544. The Bertz CT molecular complexity index is 161. The Morgan fingerprint density at radius 2 is 1.60 bits per heavy atom. The Labute approximate surface area is 136 Å². The van der Waals surface area contributed by atoms with E-state index < -0.39 is 0 Å². The largest absolute Gasteiger partial charge is 0.130 e. The molecule has 0 aliphatic rings. The number of rotatable bonds is 9. The topological polar surface area (TPSA) is 0 Å². The Morgan fingerprint density at radius 3 is 2.07 bits per heavy atom. The van der Waals surface area contributed by atoms with E-state index in [4.69, 9.17) is 0 Å². The Hall–Kier alpha value is 1.93. The van der Waals surface area contributed by atoms with Crippen molar-refractivity contribution in [2.75, 3.05) is 0 Å². The fourth-order valence-electron chi connectivity index (χ4n) is 1.56. The van der Waals surface area contributed by atoms with E-state index in [-0.39, 0.29) is 0 Å². The van der Waals surface area contributed by atoms with Crippen LogP contribution >= 0.6 is 67.8 Å². The zero-order valence-corrected chi connectivity index (χ0v) is 15.9. The van der Waals surface area contributed by atoms with E-state index in [1.807, 2.05) is 0 Å². The first-order valence-corrected chi connectivity index (χ1v) is 8.95. The van der Waals surface area contributed by atoms with E-state index in [0.717, 1.165) is 0 Å². The van der Waals surface area contributed by atoms with Gasteiger partial charge < -0.3 is 0 Å². The van der Waals surface area contributed by atoms with E-state index >= 15 is 0 Å². The first kappa shape index (κ1) is 16.9. The fourth-order valence-corrected chi connectivity index (χ4v) is 3.26. The molecule has 0 nitrogen and oxygen atoms in total. The van der Waals surface area contributed by atoms with Gasteiger partial charge in [0, 0.05) is 5.92 Å². The average Bonchev–Trinajstić information content (AvgIpc) is 2.15.